The van der Waals surface area contributed by atoms with Gasteiger partial charge in [0, 0.05) is 33.5 Å². The fraction of sp³-hybridized carbons (Fsp3) is 0.200. The van der Waals surface area contributed by atoms with E-state index in [1.807, 2.05) is 12.1 Å². The maximum Gasteiger partial charge on any atom is 0.168 e. The molecule has 0 bridgehead atoms. The third kappa shape index (κ3) is 4.08. The topological polar surface area (TPSA) is 43.3 Å². The summed E-state index contributed by atoms with van der Waals surface area (Å²) >= 11 is 0. The number of pyridine rings is 1. The molecular formula is C35H31N3O. The number of rotatable bonds is 6. The minimum absolute atomic E-state index is 0.573. The van der Waals surface area contributed by atoms with Crippen molar-refractivity contribution in [1.82, 2.24) is 14.6 Å². The average Bonchev–Trinajstić information content (AvgIpc) is 3.55. The Hall–Kier alpha value is -4.44. The number of furan rings is 1. The van der Waals surface area contributed by atoms with Crippen LogP contribution in [0.1, 0.15) is 38.3 Å². The Labute approximate surface area is 227 Å². The van der Waals surface area contributed by atoms with Crippen molar-refractivity contribution in [3.05, 3.63) is 102 Å². The quantitative estimate of drug-likeness (QED) is 0.224. The van der Waals surface area contributed by atoms with E-state index in [1.54, 1.807) is 0 Å². The lowest BCUT2D eigenvalue weighted by Crippen LogP contribution is -1.95. The summed E-state index contributed by atoms with van der Waals surface area (Å²) in [6, 6.07) is 30.4. The molecular weight excluding hydrogens is 478 g/mol. The minimum Gasteiger partial charge on any atom is -0.455 e. The van der Waals surface area contributed by atoms with Gasteiger partial charge in [-0.05, 0) is 71.2 Å². The molecule has 0 radical (unpaired) electrons. The Morgan fingerprint density at radius 2 is 1.56 bits per heavy atom. The van der Waals surface area contributed by atoms with E-state index in [0.717, 1.165) is 69.4 Å². The van der Waals surface area contributed by atoms with Crippen LogP contribution in [0.3, 0.4) is 0 Å². The predicted molar refractivity (Wildman–Crippen MR) is 161 cm³/mol. The van der Waals surface area contributed by atoms with Crippen molar-refractivity contribution in [2.45, 2.75) is 40.0 Å². The van der Waals surface area contributed by atoms with E-state index in [4.69, 9.17) is 4.42 Å². The van der Waals surface area contributed by atoms with Gasteiger partial charge in [0.15, 0.2) is 11.5 Å². The highest BCUT2D eigenvalue weighted by Gasteiger charge is 2.17. The lowest BCUT2D eigenvalue weighted by atomic mass is 9.94. The Bertz CT molecular complexity index is 1980. The molecule has 0 unspecified atom stereocenters. The summed E-state index contributed by atoms with van der Waals surface area (Å²) in [7, 11) is 0. The van der Waals surface area contributed by atoms with Crippen LogP contribution < -0.4 is 0 Å². The molecule has 4 nitrogen and oxygen atoms in total. The molecule has 7 aromatic rings. The van der Waals surface area contributed by atoms with Crippen molar-refractivity contribution >= 4 is 38.4 Å². The van der Waals surface area contributed by atoms with Gasteiger partial charge in [-0.2, -0.15) is 0 Å². The lowest BCUT2D eigenvalue weighted by molar-refractivity contribution is 0.646. The van der Waals surface area contributed by atoms with Gasteiger partial charge in [0.05, 0.1) is 0 Å². The smallest absolute Gasteiger partial charge is 0.168 e. The van der Waals surface area contributed by atoms with E-state index in [2.05, 4.69) is 114 Å². The van der Waals surface area contributed by atoms with E-state index in [9.17, 15) is 0 Å². The first kappa shape index (κ1) is 23.7. The summed E-state index contributed by atoms with van der Waals surface area (Å²) in [6.45, 7) is 6.78. The first-order valence-electron chi connectivity index (χ1n) is 13.9. The number of benzene rings is 4. The molecule has 0 saturated carbocycles. The molecule has 192 valence electrons. The number of nitrogens with zero attached hydrogens (tertiary/aromatic N) is 3. The van der Waals surface area contributed by atoms with Gasteiger partial charge in [0.2, 0.25) is 0 Å². The highest BCUT2D eigenvalue weighted by atomic mass is 16.3. The van der Waals surface area contributed by atoms with Gasteiger partial charge in [0.1, 0.15) is 11.2 Å². The zero-order valence-corrected chi connectivity index (χ0v) is 22.6. The van der Waals surface area contributed by atoms with Crippen molar-refractivity contribution in [3.8, 4) is 22.5 Å². The van der Waals surface area contributed by atoms with E-state index in [1.165, 1.54) is 21.9 Å². The van der Waals surface area contributed by atoms with Crippen molar-refractivity contribution in [2.24, 2.45) is 5.92 Å². The summed E-state index contributed by atoms with van der Waals surface area (Å²) in [4.78, 5) is 0. The number of aromatic nitrogens is 3. The zero-order valence-electron chi connectivity index (χ0n) is 22.6. The Morgan fingerprint density at radius 3 is 2.38 bits per heavy atom. The standard InChI is InChI=1S/C35H31N3O/c1-4-7-23-10-15-32-30(19-23)31-21-24(18-22(2)3)20-29(33(31)39-32)26-11-13-27(14-12-26)34-36-37-35-28-9-6-5-8-25(28)16-17-38(34)35/h5-6,8-17,19-22H,4,7,18H2,1-3H3. The molecule has 0 fully saturated rings. The molecule has 4 heteroatoms. The molecule has 7 rings (SSSR count). The SMILES string of the molecule is CCCc1ccc2oc3c(-c4ccc(-c5nnc6c7ccccc7ccn56)cc4)cc(CC(C)C)cc3c2c1. The van der Waals surface area contributed by atoms with Crippen LogP contribution in [0, 0.1) is 5.92 Å². The number of hydrogen-bond acceptors (Lipinski definition) is 3. The van der Waals surface area contributed by atoms with E-state index < -0.39 is 0 Å². The summed E-state index contributed by atoms with van der Waals surface area (Å²) in [5, 5.41) is 13.8. The van der Waals surface area contributed by atoms with Crippen LogP contribution in [0.4, 0.5) is 0 Å². The van der Waals surface area contributed by atoms with Gasteiger partial charge < -0.3 is 4.42 Å². The number of fused-ring (bicyclic) bond motifs is 6. The molecule has 0 N–H and O–H groups in total. The van der Waals surface area contributed by atoms with Crippen molar-refractivity contribution in [1.29, 1.82) is 0 Å². The normalized spacial score (nSPS) is 12.0. The van der Waals surface area contributed by atoms with Crippen LogP contribution >= 0.6 is 0 Å². The van der Waals surface area contributed by atoms with Crippen LogP contribution in [0.25, 0.3) is 60.9 Å². The molecule has 0 amide bonds. The first-order chi connectivity index (χ1) is 19.1. The summed E-state index contributed by atoms with van der Waals surface area (Å²) in [5.74, 6) is 1.41. The summed E-state index contributed by atoms with van der Waals surface area (Å²) in [6.07, 6.45) is 5.30. The molecule has 3 aromatic heterocycles. The first-order valence-corrected chi connectivity index (χ1v) is 13.9. The van der Waals surface area contributed by atoms with Crippen LogP contribution in [0.2, 0.25) is 0 Å². The van der Waals surface area contributed by atoms with Gasteiger partial charge in [-0.25, -0.2) is 0 Å². The molecule has 0 aliphatic heterocycles. The Kier molecular flexibility index (Phi) is 5.70. The lowest BCUT2D eigenvalue weighted by Gasteiger charge is -2.10. The van der Waals surface area contributed by atoms with Crippen LogP contribution in [-0.4, -0.2) is 14.6 Å². The third-order valence-corrected chi connectivity index (χ3v) is 7.63. The molecule has 4 aromatic carbocycles. The largest absolute Gasteiger partial charge is 0.455 e. The van der Waals surface area contributed by atoms with Gasteiger partial charge in [-0.15, -0.1) is 10.2 Å². The van der Waals surface area contributed by atoms with Gasteiger partial charge in [0.25, 0.3) is 0 Å². The van der Waals surface area contributed by atoms with E-state index in [-0.39, 0.29) is 0 Å². The van der Waals surface area contributed by atoms with Gasteiger partial charge in [-0.1, -0.05) is 81.8 Å². The zero-order chi connectivity index (χ0) is 26.5. The molecule has 0 aliphatic carbocycles. The van der Waals surface area contributed by atoms with Crippen molar-refractivity contribution < 1.29 is 4.42 Å². The second-order valence-electron chi connectivity index (χ2n) is 11.0. The molecule has 0 aliphatic rings. The number of hydrogen-bond donors (Lipinski definition) is 0. The highest BCUT2D eigenvalue weighted by Crippen LogP contribution is 2.38. The summed E-state index contributed by atoms with van der Waals surface area (Å²) in [5.41, 5.74) is 8.80. The van der Waals surface area contributed by atoms with Crippen LogP contribution in [0.15, 0.2) is 95.5 Å². The minimum atomic E-state index is 0.573. The van der Waals surface area contributed by atoms with Gasteiger partial charge >= 0.3 is 0 Å². The molecule has 0 atom stereocenters. The second-order valence-corrected chi connectivity index (χ2v) is 11.0. The van der Waals surface area contributed by atoms with Crippen molar-refractivity contribution in [2.75, 3.05) is 0 Å². The van der Waals surface area contributed by atoms with Crippen molar-refractivity contribution in [3.63, 3.8) is 0 Å². The maximum absolute atomic E-state index is 6.51. The monoisotopic (exact) mass is 509 g/mol. The average molecular weight is 510 g/mol. The third-order valence-electron chi connectivity index (χ3n) is 7.63. The number of aryl methyl sites for hydroxylation is 1. The molecule has 0 spiro atoms. The Balaban J connectivity index is 1.35. The fourth-order valence-electron chi connectivity index (χ4n) is 5.85. The van der Waals surface area contributed by atoms with Crippen LogP contribution in [0.5, 0.6) is 0 Å². The fourth-order valence-corrected chi connectivity index (χ4v) is 5.85. The maximum atomic E-state index is 6.51. The Morgan fingerprint density at radius 1 is 0.769 bits per heavy atom. The molecule has 3 heterocycles. The molecule has 0 saturated heterocycles. The highest BCUT2D eigenvalue weighted by molar-refractivity contribution is 6.10. The second kappa shape index (κ2) is 9.39. The predicted octanol–water partition coefficient (Wildman–Crippen LogP) is 9.27. The molecule has 39 heavy (non-hydrogen) atoms. The summed E-state index contributed by atoms with van der Waals surface area (Å²) < 4.78 is 8.58. The van der Waals surface area contributed by atoms with E-state index >= 15 is 0 Å². The van der Waals surface area contributed by atoms with Crippen LogP contribution in [-0.2, 0) is 12.8 Å². The van der Waals surface area contributed by atoms with E-state index in [0.29, 0.717) is 5.92 Å². The van der Waals surface area contributed by atoms with Gasteiger partial charge in [-0.3, -0.25) is 4.40 Å².